The van der Waals surface area contributed by atoms with Crippen LogP contribution in [0.15, 0.2) is 0 Å². The predicted octanol–water partition coefficient (Wildman–Crippen LogP) is 1.15. The summed E-state index contributed by atoms with van der Waals surface area (Å²) in [5.74, 6) is 0.734. The van der Waals surface area contributed by atoms with Gasteiger partial charge in [0.15, 0.2) is 0 Å². The molecular formula is C12H26N2O2. The highest BCUT2D eigenvalue weighted by atomic mass is 16.5. The zero-order valence-electron chi connectivity index (χ0n) is 10.8. The molecule has 0 saturated carbocycles. The molecule has 1 amide bonds. The third kappa shape index (κ3) is 8.68. The zero-order chi connectivity index (χ0) is 12.4. The van der Waals surface area contributed by atoms with Gasteiger partial charge >= 0.3 is 0 Å². The molecular weight excluding hydrogens is 204 g/mol. The van der Waals surface area contributed by atoms with Gasteiger partial charge in [-0.3, -0.25) is 4.79 Å². The monoisotopic (exact) mass is 230 g/mol. The molecule has 0 saturated heterocycles. The van der Waals surface area contributed by atoms with E-state index in [9.17, 15) is 4.79 Å². The Bertz CT molecular complexity index is 184. The average molecular weight is 230 g/mol. The Kier molecular flexibility index (Phi) is 9.24. The molecule has 1 unspecified atom stereocenters. The molecule has 1 atom stereocenters. The Balaban J connectivity index is 3.34. The van der Waals surface area contributed by atoms with Crippen molar-refractivity contribution in [3.63, 3.8) is 0 Å². The third-order valence-electron chi connectivity index (χ3n) is 2.43. The van der Waals surface area contributed by atoms with Crippen LogP contribution in [0.5, 0.6) is 0 Å². The van der Waals surface area contributed by atoms with Gasteiger partial charge in [-0.15, -0.1) is 0 Å². The van der Waals surface area contributed by atoms with Crippen molar-refractivity contribution in [1.82, 2.24) is 5.32 Å². The van der Waals surface area contributed by atoms with Gasteiger partial charge in [-0.1, -0.05) is 20.8 Å². The van der Waals surface area contributed by atoms with Crippen LogP contribution in [0.2, 0.25) is 0 Å². The Labute approximate surface area is 98.9 Å². The molecule has 16 heavy (non-hydrogen) atoms. The van der Waals surface area contributed by atoms with Crippen molar-refractivity contribution >= 4 is 5.91 Å². The highest BCUT2D eigenvalue weighted by Gasteiger charge is 2.10. The minimum absolute atomic E-state index is 0.000615. The highest BCUT2D eigenvalue weighted by molar-refractivity contribution is 5.78. The second-order valence-electron chi connectivity index (χ2n) is 4.56. The minimum atomic E-state index is 0.000615. The molecule has 0 bridgehead atoms. The normalized spacial score (nSPS) is 12.8. The van der Waals surface area contributed by atoms with Crippen molar-refractivity contribution < 1.29 is 9.53 Å². The molecule has 0 aromatic rings. The molecule has 96 valence electrons. The predicted molar refractivity (Wildman–Crippen MR) is 66.1 cm³/mol. The van der Waals surface area contributed by atoms with Gasteiger partial charge in [-0.25, -0.2) is 0 Å². The van der Waals surface area contributed by atoms with Crippen LogP contribution >= 0.6 is 0 Å². The quantitative estimate of drug-likeness (QED) is 0.584. The molecule has 0 aromatic carbocycles. The Morgan fingerprint density at radius 1 is 1.25 bits per heavy atom. The Morgan fingerprint density at radius 3 is 2.50 bits per heavy atom. The first-order valence-corrected chi connectivity index (χ1v) is 6.13. The number of hydrogen-bond acceptors (Lipinski definition) is 3. The first-order valence-electron chi connectivity index (χ1n) is 6.13. The number of rotatable bonds is 9. The summed E-state index contributed by atoms with van der Waals surface area (Å²) >= 11 is 0. The molecule has 0 aliphatic rings. The Hall–Kier alpha value is -0.610. The summed E-state index contributed by atoms with van der Waals surface area (Å²) in [7, 11) is 0. The van der Waals surface area contributed by atoms with E-state index in [1.807, 2.05) is 6.92 Å². The van der Waals surface area contributed by atoms with Gasteiger partial charge in [-0.05, 0) is 25.3 Å². The molecule has 0 radical (unpaired) electrons. The molecule has 4 nitrogen and oxygen atoms in total. The number of nitrogens with two attached hydrogens (primary N) is 1. The van der Waals surface area contributed by atoms with Gasteiger partial charge in [0.1, 0.15) is 0 Å². The van der Waals surface area contributed by atoms with Gasteiger partial charge in [0.2, 0.25) is 5.91 Å². The number of nitrogens with one attached hydrogen (secondary N) is 1. The molecule has 0 heterocycles. The minimum Gasteiger partial charge on any atom is -0.380 e. The molecule has 0 rings (SSSR count). The van der Waals surface area contributed by atoms with E-state index in [1.165, 1.54) is 0 Å². The summed E-state index contributed by atoms with van der Waals surface area (Å²) < 4.78 is 5.40. The van der Waals surface area contributed by atoms with Crippen LogP contribution in [0.3, 0.4) is 0 Å². The standard InChI is InChI=1S/C12H26N2O2/c1-10(2)5-8-16-9-7-14-12(15)11(3)4-6-13/h10-11H,4-9,13H2,1-3H3,(H,14,15). The highest BCUT2D eigenvalue weighted by Crippen LogP contribution is 2.00. The molecule has 0 aliphatic carbocycles. The molecule has 0 spiro atoms. The average Bonchev–Trinajstić information content (AvgIpc) is 2.22. The zero-order valence-corrected chi connectivity index (χ0v) is 10.8. The Morgan fingerprint density at radius 2 is 1.94 bits per heavy atom. The van der Waals surface area contributed by atoms with E-state index in [0.717, 1.165) is 19.4 Å². The smallest absolute Gasteiger partial charge is 0.222 e. The summed E-state index contributed by atoms with van der Waals surface area (Å²) in [6, 6.07) is 0. The van der Waals surface area contributed by atoms with Crippen LogP contribution in [0, 0.1) is 11.8 Å². The molecule has 4 heteroatoms. The van der Waals surface area contributed by atoms with Crippen LogP contribution in [0.25, 0.3) is 0 Å². The van der Waals surface area contributed by atoms with Crippen molar-refractivity contribution in [3.05, 3.63) is 0 Å². The maximum atomic E-state index is 11.5. The van der Waals surface area contributed by atoms with Crippen LogP contribution < -0.4 is 11.1 Å². The van der Waals surface area contributed by atoms with E-state index in [-0.39, 0.29) is 11.8 Å². The van der Waals surface area contributed by atoms with Crippen LogP contribution in [0.4, 0.5) is 0 Å². The van der Waals surface area contributed by atoms with E-state index >= 15 is 0 Å². The van der Waals surface area contributed by atoms with Crippen molar-refractivity contribution in [2.75, 3.05) is 26.3 Å². The lowest BCUT2D eigenvalue weighted by molar-refractivity contribution is -0.124. The largest absolute Gasteiger partial charge is 0.380 e. The second-order valence-corrected chi connectivity index (χ2v) is 4.56. The van der Waals surface area contributed by atoms with Crippen LogP contribution in [-0.2, 0) is 9.53 Å². The molecule has 0 aliphatic heterocycles. The van der Waals surface area contributed by atoms with Gasteiger partial charge in [0.05, 0.1) is 6.61 Å². The lowest BCUT2D eigenvalue weighted by atomic mass is 10.1. The SMILES string of the molecule is CC(C)CCOCCNC(=O)C(C)CCN. The summed E-state index contributed by atoms with van der Waals surface area (Å²) in [5.41, 5.74) is 5.39. The third-order valence-corrected chi connectivity index (χ3v) is 2.43. The van der Waals surface area contributed by atoms with Crippen molar-refractivity contribution in [1.29, 1.82) is 0 Å². The lowest BCUT2D eigenvalue weighted by Crippen LogP contribution is -2.33. The fourth-order valence-electron chi connectivity index (χ4n) is 1.22. The first-order chi connectivity index (χ1) is 7.57. The molecule has 3 N–H and O–H groups in total. The van der Waals surface area contributed by atoms with E-state index in [4.69, 9.17) is 10.5 Å². The molecule has 0 fully saturated rings. The summed E-state index contributed by atoms with van der Waals surface area (Å²) in [6.45, 7) is 8.73. The van der Waals surface area contributed by atoms with Gasteiger partial charge in [0.25, 0.3) is 0 Å². The van der Waals surface area contributed by atoms with Gasteiger partial charge in [-0.2, -0.15) is 0 Å². The fraction of sp³-hybridized carbons (Fsp3) is 0.917. The number of carbonyl (C=O) groups excluding carboxylic acids is 1. The molecule has 0 aromatic heterocycles. The lowest BCUT2D eigenvalue weighted by Gasteiger charge is -2.11. The van der Waals surface area contributed by atoms with Gasteiger partial charge in [0, 0.05) is 19.1 Å². The van der Waals surface area contributed by atoms with Crippen molar-refractivity contribution in [2.24, 2.45) is 17.6 Å². The van der Waals surface area contributed by atoms with E-state index in [1.54, 1.807) is 0 Å². The van der Waals surface area contributed by atoms with Gasteiger partial charge < -0.3 is 15.8 Å². The van der Waals surface area contributed by atoms with Crippen LogP contribution in [0.1, 0.15) is 33.6 Å². The first kappa shape index (κ1) is 15.4. The van der Waals surface area contributed by atoms with Crippen LogP contribution in [-0.4, -0.2) is 32.2 Å². The van der Waals surface area contributed by atoms with E-state index < -0.39 is 0 Å². The summed E-state index contributed by atoms with van der Waals surface area (Å²) in [6.07, 6.45) is 1.80. The van der Waals surface area contributed by atoms with E-state index in [2.05, 4.69) is 19.2 Å². The number of amides is 1. The summed E-state index contributed by atoms with van der Waals surface area (Å²) in [4.78, 5) is 11.5. The topological polar surface area (TPSA) is 64.3 Å². The maximum absolute atomic E-state index is 11.5. The number of ether oxygens (including phenoxy) is 1. The summed E-state index contributed by atoms with van der Waals surface area (Å²) in [5, 5.41) is 2.84. The number of hydrogen-bond donors (Lipinski definition) is 2. The fourth-order valence-corrected chi connectivity index (χ4v) is 1.22. The van der Waals surface area contributed by atoms with Crippen molar-refractivity contribution in [2.45, 2.75) is 33.6 Å². The van der Waals surface area contributed by atoms with E-state index in [0.29, 0.717) is 25.6 Å². The van der Waals surface area contributed by atoms with Crippen molar-refractivity contribution in [3.8, 4) is 0 Å². The maximum Gasteiger partial charge on any atom is 0.222 e. The number of carbonyl (C=O) groups is 1. The second kappa shape index (κ2) is 9.60.